The van der Waals surface area contributed by atoms with Crippen molar-refractivity contribution in [1.82, 2.24) is 15.1 Å². The molecule has 2 amide bonds. The topological polar surface area (TPSA) is 52.7 Å². The zero-order valence-electron chi connectivity index (χ0n) is 25.3. The predicted octanol–water partition coefficient (Wildman–Crippen LogP) is 7.00. The quantitative estimate of drug-likeness (QED) is 0.373. The highest BCUT2D eigenvalue weighted by Gasteiger charge is 2.45. The van der Waals surface area contributed by atoms with Crippen molar-refractivity contribution in [3.63, 3.8) is 0 Å². The van der Waals surface area contributed by atoms with E-state index in [9.17, 15) is 14.0 Å². The van der Waals surface area contributed by atoms with E-state index >= 15 is 4.39 Å². The fourth-order valence-electron chi connectivity index (χ4n) is 7.60. The van der Waals surface area contributed by atoms with Crippen molar-refractivity contribution in [3.05, 3.63) is 69.0 Å². The van der Waals surface area contributed by atoms with Crippen molar-refractivity contribution in [3.8, 4) is 0 Å². The van der Waals surface area contributed by atoms with Crippen LogP contribution in [0.3, 0.4) is 0 Å². The van der Waals surface area contributed by atoms with Crippen molar-refractivity contribution in [2.24, 2.45) is 5.92 Å². The van der Waals surface area contributed by atoms with Gasteiger partial charge in [0.15, 0.2) is 0 Å². The van der Waals surface area contributed by atoms with Crippen LogP contribution in [0.15, 0.2) is 30.3 Å². The van der Waals surface area contributed by atoms with Crippen LogP contribution in [0.5, 0.6) is 0 Å². The molecule has 2 heterocycles. The van der Waals surface area contributed by atoms with Gasteiger partial charge in [0.05, 0.1) is 6.04 Å². The number of amides is 2. The molecule has 228 valence electrons. The summed E-state index contributed by atoms with van der Waals surface area (Å²) in [5.41, 5.74) is 4.69. The number of nitrogens with one attached hydrogen (secondary N) is 1. The maximum absolute atomic E-state index is 15.2. The second-order valence-electron chi connectivity index (χ2n) is 12.7. The van der Waals surface area contributed by atoms with Gasteiger partial charge in [0.25, 0.3) is 0 Å². The minimum atomic E-state index is -0.827. The summed E-state index contributed by atoms with van der Waals surface area (Å²) in [7, 11) is 0. The SMILES string of the molecule is CC[C@H](NC(C)=O)c1cc(C)c(Cl)cc1C1CCN(C(=O)[C@@H]2C[C@H](N3CC[C@H](F)C3)C[C@H]2c2ccc(C)cc2F)CC1. The molecule has 8 heteroatoms. The second-order valence-corrected chi connectivity index (χ2v) is 13.1. The summed E-state index contributed by atoms with van der Waals surface area (Å²) in [6.07, 6.45) is 3.37. The highest BCUT2D eigenvalue weighted by molar-refractivity contribution is 6.31. The number of benzene rings is 2. The number of hydrogen-bond acceptors (Lipinski definition) is 3. The van der Waals surface area contributed by atoms with E-state index < -0.39 is 6.17 Å². The number of carbonyl (C=O) groups is 2. The van der Waals surface area contributed by atoms with Crippen LogP contribution in [0.4, 0.5) is 8.78 Å². The smallest absolute Gasteiger partial charge is 0.226 e. The molecular weight excluding hydrogens is 556 g/mol. The molecular formula is C34H44ClF2N3O2. The number of likely N-dealkylation sites (tertiary alicyclic amines) is 2. The van der Waals surface area contributed by atoms with Crippen LogP contribution in [-0.4, -0.2) is 60.0 Å². The zero-order valence-corrected chi connectivity index (χ0v) is 26.0. The van der Waals surface area contributed by atoms with Crippen LogP contribution in [0, 0.1) is 25.6 Å². The average molecular weight is 600 g/mol. The van der Waals surface area contributed by atoms with E-state index in [0.717, 1.165) is 41.5 Å². The molecule has 2 aromatic carbocycles. The zero-order chi connectivity index (χ0) is 30.1. The standard InChI is InChI=1S/C34H44ClF2N3O2/c1-5-33(38-22(4)41)29-15-21(3)31(35)18-27(29)23-8-11-39(12-9-23)34(42)30-17-25(40-13-10-24(36)19-40)16-28(30)26-7-6-20(2)14-32(26)37/h6-7,14-15,18,23-25,28,30,33H,5,8-13,16-17,19H2,1-4H3,(H,38,41)/t24-,25+,28-,30+,33-/m0/s1. The normalized spacial score (nSPS) is 26.0. The van der Waals surface area contributed by atoms with E-state index in [1.807, 2.05) is 36.9 Å². The Balaban J connectivity index is 1.34. The summed E-state index contributed by atoms with van der Waals surface area (Å²) < 4.78 is 29.3. The van der Waals surface area contributed by atoms with Crippen molar-refractivity contribution in [1.29, 1.82) is 0 Å². The molecule has 0 aromatic heterocycles. The van der Waals surface area contributed by atoms with Gasteiger partial charge in [0.2, 0.25) is 11.8 Å². The second kappa shape index (κ2) is 13.0. The lowest BCUT2D eigenvalue weighted by atomic mass is 9.82. The molecule has 0 radical (unpaired) electrons. The minimum absolute atomic E-state index is 0.0637. The number of aryl methyl sites for hydroxylation is 2. The maximum atomic E-state index is 15.2. The molecule has 2 saturated heterocycles. The van der Waals surface area contributed by atoms with Gasteiger partial charge in [0, 0.05) is 50.1 Å². The summed E-state index contributed by atoms with van der Waals surface area (Å²) in [6, 6.07) is 9.44. The monoisotopic (exact) mass is 599 g/mol. The van der Waals surface area contributed by atoms with E-state index in [2.05, 4.69) is 23.2 Å². The fraction of sp³-hybridized carbons (Fsp3) is 0.588. The number of hydrogen-bond donors (Lipinski definition) is 1. The van der Waals surface area contributed by atoms with Crippen LogP contribution in [0.1, 0.15) is 98.1 Å². The molecule has 1 saturated carbocycles. The van der Waals surface area contributed by atoms with Gasteiger partial charge in [-0.3, -0.25) is 14.5 Å². The Bertz CT molecular complexity index is 1310. The first kappa shape index (κ1) is 30.9. The Morgan fingerprint density at radius 2 is 1.79 bits per heavy atom. The van der Waals surface area contributed by atoms with Gasteiger partial charge < -0.3 is 10.2 Å². The first-order valence-electron chi connectivity index (χ1n) is 15.6. The Kier molecular flexibility index (Phi) is 9.58. The summed E-state index contributed by atoms with van der Waals surface area (Å²) in [5.74, 6) is -0.552. The molecule has 3 aliphatic rings. The molecule has 0 unspecified atom stereocenters. The Hall–Kier alpha value is -2.51. The average Bonchev–Trinajstić information content (AvgIpc) is 3.59. The van der Waals surface area contributed by atoms with Crippen LogP contribution in [0.25, 0.3) is 0 Å². The van der Waals surface area contributed by atoms with Crippen LogP contribution in [-0.2, 0) is 9.59 Å². The van der Waals surface area contributed by atoms with Crippen LogP contribution in [0.2, 0.25) is 5.02 Å². The predicted molar refractivity (Wildman–Crippen MR) is 163 cm³/mol. The van der Waals surface area contributed by atoms with Crippen LogP contribution < -0.4 is 5.32 Å². The molecule has 42 heavy (non-hydrogen) atoms. The van der Waals surface area contributed by atoms with Crippen molar-refractivity contribution in [2.45, 2.75) is 96.3 Å². The van der Waals surface area contributed by atoms with Crippen molar-refractivity contribution < 1.29 is 18.4 Å². The molecule has 5 rings (SSSR count). The molecule has 0 bridgehead atoms. The lowest BCUT2D eigenvalue weighted by Crippen LogP contribution is -2.42. The summed E-state index contributed by atoms with van der Waals surface area (Å²) >= 11 is 6.59. The Morgan fingerprint density at radius 3 is 2.40 bits per heavy atom. The van der Waals surface area contributed by atoms with Gasteiger partial charge in [-0.25, -0.2) is 8.78 Å². The fourth-order valence-corrected chi connectivity index (χ4v) is 7.77. The number of rotatable bonds is 7. The van der Waals surface area contributed by atoms with E-state index in [-0.39, 0.29) is 47.5 Å². The lowest BCUT2D eigenvalue weighted by Gasteiger charge is -2.36. The molecule has 5 atom stereocenters. The largest absolute Gasteiger partial charge is 0.350 e. The van der Waals surface area contributed by atoms with E-state index in [0.29, 0.717) is 56.0 Å². The van der Waals surface area contributed by atoms with E-state index in [1.165, 1.54) is 6.92 Å². The third kappa shape index (κ3) is 6.52. The molecule has 1 N–H and O–H groups in total. The first-order chi connectivity index (χ1) is 20.0. The molecule has 3 fully saturated rings. The van der Waals surface area contributed by atoms with Gasteiger partial charge in [-0.1, -0.05) is 36.7 Å². The summed E-state index contributed by atoms with van der Waals surface area (Å²) in [4.78, 5) is 30.2. The number of carbonyl (C=O) groups excluding carboxylic acids is 2. The number of nitrogens with zero attached hydrogens (tertiary/aromatic N) is 2. The van der Waals surface area contributed by atoms with Gasteiger partial charge in [-0.2, -0.15) is 0 Å². The highest BCUT2D eigenvalue weighted by atomic mass is 35.5. The maximum Gasteiger partial charge on any atom is 0.226 e. The summed E-state index contributed by atoms with van der Waals surface area (Å²) in [6.45, 7) is 9.78. The molecule has 5 nitrogen and oxygen atoms in total. The molecule has 2 aromatic rings. The number of piperidine rings is 1. The Morgan fingerprint density at radius 1 is 1.05 bits per heavy atom. The molecule has 0 spiro atoms. The van der Waals surface area contributed by atoms with Gasteiger partial charge in [0.1, 0.15) is 12.0 Å². The van der Waals surface area contributed by atoms with Gasteiger partial charge in [-0.05, 0) is 104 Å². The van der Waals surface area contributed by atoms with Gasteiger partial charge in [-0.15, -0.1) is 0 Å². The molecule has 2 aliphatic heterocycles. The van der Waals surface area contributed by atoms with Crippen molar-refractivity contribution >= 4 is 23.4 Å². The van der Waals surface area contributed by atoms with Gasteiger partial charge >= 0.3 is 0 Å². The summed E-state index contributed by atoms with van der Waals surface area (Å²) in [5, 5.41) is 3.80. The van der Waals surface area contributed by atoms with Crippen molar-refractivity contribution in [2.75, 3.05) is 26.2 Å². The lowest BCUT2D eigenvalue weighted by molar-refractivity contribution is -0.137. The Labute approximate surface area is 254 Å². The highest BCUT2D eigenvalue weighted by Crippen LogP contribution is 2.45. The first-order valence-corrected chi connectivity index (χ1v) is 15.9. The van der Waals surface area contributed by atoms with Crippen LogP contribution >= 0.6 is 11.6 Å². The third-order valence-corrected chi connectivity index (χ3v) is 10.3. The van der Waals surface area contributed by atoms with E-state index in [1.54, 1.807) is 6.07 Å². The third-order valence-electron chi connectivity index (χ3n) is 9.86. The number of alkyl halides is 1. The molecule has 1 aliphatic carbocycles. The van der Waals surface area contributed by atoms with E-state index in [4.69, 9.17) is 11.6 Å². The number of halogens is 3. The minimum Gasteiger partial charge on any atom is -0.350 e.